The van der Waals surface area contributed by atoms with Crippen molar-refractivity contribution in [2.75, 3.05) is 13.1 Å². The normalized spacial score (nSPS) is 23.1. The fraction of sp³-hybridized carbons (Fsp3) is 0.448. The Morgan fingerprint density at radius 3 is 2.16 bits per heavy atom. The van der Waals surface area contributed by atoms with Crippen LogP contribution >= 0.6 is 0 Å². The Kier molecular flexibility index (Phi) is 8.93. The van der Waals surface area contributed by atoms with E-state index in [1.165, 1.54) is 4.90 Å². The standard InChI is InChI=1S/C29H36N4O4/c1-2-3-15-23-27(35)31-24(18-21-11-6-4-7-12-21)29(37)32(19-22-13-8-5-9-14-22)20-26(34)33-17-10-16-25(33)28(36)30-23/h4-9,11-14,23-25H,2-3,10,15-20H2,1H3,(H,30,36)(H,31,35)/t23-,24-,25+/m0/s1. The van der Waals surface area contributed by atoms with Crippen LogP contribution in [-0.4, -0.2) is 64.6 Å². The molecule has 8 heteroatoms. The largest absolute Gasteiger partial charge is 0.343 e. The number of amides is 4. The summed E-state index contributed by atoms with van der Waals surface area (Å²) in [5, 5.41) is 5.83. The first kappa shape index (κ1) is 26.4. The zero-order valence-corrected chi connectivity index (χ0v) is 21.4. The summed E-state index contributed by atoms with van der Waals surface area (Å²) < 4.78 is 0. The highest BCUT2D eigenvalue weighted by molar-refractivity contribution is 5.97. The molecular formula is C29H36N4O4. The molecule has 2 aliphatic heterocycles. The van der Waals surface area contributed by atoms with Gasteiger partial charge in [0.05, 0.1) is 0 Å². The van der Waals surface area contributed by atoms with Gasteiger partial charge in [-0.1, -0.05) is 80.4 Å². The first-order chi connectivity index (χ1) is 18.0. The minimum Gasteiger partial charge on any atom is -0.343 e. The molecule has 2 aliphatic rings. The van der Waals surface area contributed by atoms with Crippen molar-refractivity contribution in [3.8, 4) is 0 Å². The van der Waals surface area contributed by atoms with Crippen LogP contribution in [0.2, 0.25) is 0 Å². The zero-order chi connectivity index (χ0) is 26.2. The molecule has 2 fully saturated rings. The number of fused-ring (bicyclic) bond motifs is 1. The molecule has 4 amide bonds. The van der Waals surface area contributed by atoms with Crippen LogP contribution in [0, 0.1) is 0 Å². The predicted molar refractivity (Wildman–Crippen MR) is 140 cm³/mol. The van der Waals surface area contributed by atoms with Crippen molar-refractivity contribution in [2.24, 2.45) is 0 Å². The summed E-state index contributed by atoms with van der Waals surface area (Å²) >= 11 is 0. The minimum atomic E-state index is -0.874. The molecule has 0 spiro atoms. The third-order valence-electron chi connectivity index (χ3n) is 7.11. The highest BCUT2D eigenvalue weighted by Gasteiger charge is 2.39. The first-order valence-electron chi connectivity index (χ1n) is 13.2. The average molecular weight is 505 g/mol. The van der Waals surface area contributed by atoms with Gasteiger partial charge in [0.2, 0.25) is 23.6 Å². The number of benzene rings is 2. The molecule has 0 radical (unpaired) electrons. The Hall–Kier alpha value is -3.68. The molecule has 4 rings (SSSR count). The first-order valence-corrected chi connectivity index (χ1v) is 13.2. The van der Waals surface area contributed by atoms with E-state index < -0.39 is 18.1 Å². The maximum absolute atomic E-state index is 14.0. The molecule has 0 aliphatic carbocycles. The molecule has 196 valence electrons. The number of hydrogen-bond acceptors (Lipinski definition) is 4. The Morgan fingerprint density at radius 2 is 1.49 bits per heavy atom. The zero-order valence-electron chi connectivity index (χ0n) is 21.4. The van der Waals surface area contributed by atoms with Crippen LogP contribution in [0.1, 0.15) is 50.2 Å². The van der Waals surface area contributed by atoms with Gasteiger partial charge in [-0.3, -0.25) is 19.2 Å². The summed E-state index contributed by atoms with van der Waals surface area (Å²) in [5.41, 5.74) is 1.78. The SMILES string of the molecule is CCCC[C@@H]1NC(=O)[C@H]2CCCN2C(=O)CN(Cc2ccccc2)C(=O)[C@H](Cc2ccccc2)NC1=O. The molecule has 0 bridgehead atoms. The van der Waals surface area contributed by atoms with Gasteiger partial charge in [0, 0.05) is 19.5 Å². The molecule has 2 heterocycles. The highest BCUT2D eigenvalue weighted by Crippen LogP contribution is 2.20. The number of carbonyl (C=O) groups is 4. The van der Waals surface area contributed by atoms with Gasteiger partial charge in [-0.05, 0) is 30.4 Å². The van der Waals surface area contributed by atoms with Crippen LogP contribution in [0.3, 0.4) is 0 Å². The molecule has 37 heavy (non-hydrogen) atoms. The van der Waals surface area contributed by atoms with Crippen LogP contribution < -0.4 is 10.6 Å². The maximum atomic E-state index is 14.0. The van der Waals surface area contributed by atoms with Crippen LogP contribution in [0.4, 0.5) is 0 Å². The maximum Gasteiger partial charge on any atom is 0.246 e. The summed E-state index contributed by atoms with van der Waals surface area (Å²) in [6.45, 7) is 2.56. The van der Waals surface area contributed by atoms with Crippen LogP contribution in [0.15, 0.2) is 60.7 Å². The van der Waals surface area contributed by atoms with E-state index in [1.54, 1.807) is 4.90 Å². The monoisotopic (exact) mass is 504 g/mol. The van der Waals surface area contributed by atoms with Gasteiger partial charge < -0.3 is 20.4 Å². The predicted octanol–water partition coefficient (Wildman–Crippen LogP) is 2.42. The number of carbonyl (C=O) groups excluding carboxylic acids is 4. The van der Waals surface area contributed by atoms with Crippen LogP contribution in [-0.2, 0) is 32.1 Å². The van der Waals surface area contributed by atoms with Crippen molar-refractivity contribution in [3.63, 3.8) is 0 Å². The number of nitrogens with zero attached hydrogens (tertiary/aromatic N) is 2. The third-order valence-corrected chi connectivity index (χ3v) is 7.11. The number of hydrogen-bond donors (Lipinski definition) is 2. The fourth-order valence-corrected chi connectivity index (χ4v) is 5.09. The lowest BCUT2D eigenvalue weighted by Gasteiger charge is -2.33. The van der Waals surface area contributed by atoms with E-state index in [9.17, 15) is 19.2 Å². The van der Waals surface area contributed by atoms with Crippen molar-refractivity contribution in [2.45, 2.75) is 70.1 Å². The van der Waals surface area contributed by atoms with E-state index in [-0.39, 0.29) is 43.1 Å². The fourth-order valence-electron chi connectivity index (χ4n) is 5.09. The van der Waals surface area contributed by atoms with E-state index in [1.807, 2.05) is 67.6 Å². The van der Waals surface area contributed by atoms with E-state index in [0.717, 1.165) is 24.0 Å². The summed E-state index contributed by atoms with van der Waals surface area (Å²) in [7, 11) is 0. The van der Waals surface area contributed by atoms with Gasteiger partial charge >= 0.3 is 0 Å². The minimum absolute atomic E-state index is 0.155. The average Bonchev–Trinajstić information content (AvgIpc) is 3.41. The Balaban J connectivity index is 1.70. The topological polar surface area (TPSA) is 98.8 Å². The van der Waals surface area contributed by atoms with Gasteiger partial charge in [0.25, 0.3) is 0 Å². The second kappa shape index (κ2) is 12.5. The van der Waals surface area contributed by atoms with Gasteiger partial charge in [-0.25, -0.2) is 0 Å². The lowest BCUT2D eigenvalue weighted by Crippen LogP contribution is -2.59. The Labute approximate surface area is 218 Å². The molecule has 2 N–H and O–H groups in total. The Morgan fingerprint density at radius 1 is 0.838 bits per heavy atom. The molecule has 2 aromatic rings. The highest BCUT2D eigenvalue weighted by atomic mass is 16.2. The molecule has 0 saturated carbocycles. The van der Waals surface area contributed by atoms with Crippen molar-refractivity contribution < 1.29 is 19.2 Å². The molecule has 8 nitrogen and oxygen atoms in total. The lowest BCUT2D eigenvalue weighted by atomic mass is 10.0. The Bertz CT molecular complexity index is 1090. The quantitative estimate of drug-likeness (QED) is 0.605. The molecule has 2 saturated heterocycles. The molecule has 3 atom stereocenters. The second-order valence-electron chi connectivity index (χ2n) is 9.88. The van der Waals surface area contributed by atoms with Crippen molar-refractivity contribution >= 4 is 23.6 Å². The van der Waals surface area contributed by atoms with Gasteiger partial charge in [-0.15, -0.1) is 0 Å². The van der Waals surface area contributed by atoms with Crippen molar-refractivity contribution in [1.29, 1.82) is 0 Å². The molecular weight excluding hydrogens is 468 g/mol. The number of unbranched alkanes of at least 4 members (excludes halogenated alkanes) is 1. The van der Waals surface area contributed by atoms with Crippen LogP contribution in [0.5, 0.6) is 0 Å². The summed E-state index contributed by atoms with van der Waals surface area (Å²) in [6.07, 6.45) is 3.62. The number of rotatable bonds is 7. The van der Waals surface area contributed by atoms with Crippen molar-refractivity contribution in [3.05, 3.63) is 71.8 Å². The van der Waals surface area contributed by atoms with E-state index in [2.05, 4.69) is 10.6 Å². The second-order valence-corrected chi connectivity index (χ2v) is 9.88. The van der Waals surface area contributed by atoms with Crippen LogP contribution in [0.25, 0.3) is 0 Å². The smallest absolute Gasteiger partial charge is 0.246 e. The van der Waals surface area contributed by atoms with E-state index in [0.29, 0.717) is 25.8 Å². The van der Waals surface area contributed by atoms with Crippen molar-refractivity contribution in [1.82, 2.24) is 20.4 Å². The molecule has 0 aromatic heterocycles. The third kappa shape index (κ3) is 6.76. The molecule has 0 unspecified atom stereocenters. The number of nitrogens with one attached hydrogen (secondary N) is 2. The van der Waals surface area contributed by atoms with Gasteiger partial charge in [0.1, 0.15) is 24.7 Å². The lowest BCUT2D eigenvalue weighted by molar-refractivity contribution is -0.146. The van der Waals surface area contributed by atoms with Gasteiger partial charge in [-0.2, -0.15) is 0 Å². The van der Waals surface area contributed by atoms with Gasteiger partial charge in [0.15, 0.2) is 0 Å². The summed E-state index contributed by atoms with van der Waals surface area (Å²) in [4.78, 5) is 57.2. The summed E-state index contributed by atoms with van der Waals surface area (Å²) in [6, 6.07) is 16.7. The van der Waals surface area contributed by atoms with E-state index >= 15 is 0 Å². The summed E-state index contributed by atoms with van der Waals surface area (Å²) in [5.74, 6) is -1.24. The molecule has 2 aromatic carbocycles. The van der Waals surface area contributed by atoms with E-state index in [4.69, 9.17) is 0 Å².